The van der Waals surface area contributed by atoms with Crippen LogP contribution >= 0.6 is 0 Å². The first-order valence-corrected chi connectivity index (χ1v) is 8.43. The van der Waals surface area contributed by atoms with E-state index in [4.69, 9.17) is 4.42 Å². The van der Waals surface area contributed by atoms with E-state index < -0.39 is 0 Å². The SMILES string of the molecule is CN(Cc1occc1CNC(C)(C)C)CC1CCCCC1. The Bertz CT molecular complexity index is 413. The lowest BCUT2D eigenvalue weighted by atomic mass is 9.89. The quantitative estimate of drug-likeness (QED) is 0.852. The minimum Gasteiger partial charge on any atom is -0.468 e. The number of nitrogens with zero attached hydrogens (tertiary/aromatic N) is 1. The second kappa shape index (κ2) is 7.46. The fraction of sp³-hybridized carbons (Fsp3) is 0.778. The summed E-state index contributed by atoms with van der Waals surface area (Å²) < 4.78 is 5.71. The Balaban J connectivity index is 1.83. The molecule has 0 atom stereocenters. The Hall–Kier alpha value is -0.800. The van der Waals surface area contributed by atoms with E-state index in [9.17, 15) is 0 Å². The van der Waals surface area contributed by atoms with Gasteiger partial charge in [-0.1, -0.05) is 19.3 Å². The Morgan fingerprint density at radius 3 is 2.62 bits per heavy atom. The molecule has 1 saturated carbocycles. The van der Waals surface area contributed by atoms with E-state index in [0.717, 1.165) is 24.8 Å². The van der Waals surface area contributed by atoms with Crippen molar-refractivity contribution in [3.05, 3.63) is 23.7 Å². The fourth-order valence-corrected chi connectivity index (χ4v) is 3.14. The van der Waals surface area contributed by atoms with Crippen LogP contribution in [-0.4, -0.2) is 24.0 Å². The van der Waals surface area contributed by atoms with Gasteiger partial charge in [0.05, 0.1) is 12.8 Å². The zero-order chi connectivity index (χ0) is 15.3. The highest BCUT2D eigenvalue weighted by Gasteiger charge is 2.17. The normalized spacial score (nSPS) is 17.6. The van der Waals surface area contributed by atoms with Crippen molar-refractivity contribution >= 4 is 0 Å². The van der Waals surface area contributed by atoms with Crippen LogP contribution in [0.5, 0.6) is 0 Å². The van der Waals surface area contributed by atoms with Gasteiger partial charge in [0.25, 0.3) is 0 Å². The second-order valence-corrected chi connectivity index (χ2v) is 7.67. The molecule has 1 aliphatic rings. The van der Waals surface area contributed by atoms with Gasteiger partial charge in [-0.2, -0.15) is 0 Å². The molecule has 0 spiro atoms. The highest BCUT2D eigenvalue weighted by molar-refractivity contribution is 5.17. The van der Waals surface area contributed by atoms with Gasteiger partial charge < -0.3 is 9.73 Å². The number of nitrogens with one attached hydrogen (secondary N) is 1. The van der Waals surface area contributed by atoms with Crippen LogP contribution in [0.3, 0.4) is 0 Å². The minimum atomic E-state index is 0.141. The molecular weight excluding hydrogens is 260 g/mol. The molecule has 1 aliphatic carbocycles. The van der Waals surface area contributed by atoms with Crippen LogP contribution in [0.4, 0.5) is 0 Å². The van der Waals surface area contributed by atoms with Gasteiger partial charge in [-0.25, -0.2) is 0 Å². The summed E-state index contributed by atoms with van der Waals surface area (Å²) in [6.07, 6.45) is 8.90. The van der Waals surface area contributed by atoms with Gasteiger partial charge in [0.15, 0.2) is 0 Å². The Kier molecular flexibility index (Phi) is 5.88. The summed E-state index contributed by atoms with van der Waals surface area (Å²) in [5, 5.41) is 3.54. The smallest absolute Gasteiger partial charge is 0.122 e. The van der Waals surface area contributed by atoms with Gasteiger partial charge in [-0.15, -0.1) is 0 Å². The first kappa shape index (κ1) is 16.6. The van der Waals surface area contributed by atoms with Crippen LogP contribution in [0.15, 0.2) is 16.7 Å². The van der Waals surface area contributed by atoms with Gasteiger partial charge in [0.2, 0.25) is 0 Å². The molecule has 0 saturated heterocycles. The van der Waals surface area contributed by atoms with Crippen molar-refractivity contribution in [3.63, 3.8) is 0 Å². The zero-order valence-corrected chi connectivity index (χ0v) is 14.2. The standard InChI is InChI=1S/C18H32N2O/c1-18(2,3)19-12-16-10-11-21-17(16)14-20(4)13-15-8-6-5-7-9-15/h10-11,15,19H,5-9,12-14H2,1-4H3. The molecule has 1 aromatic heterocycles. The van der Waals surface area contributed by atoms with Crippen molar-refractivity contribution in [1.82, 2.24) is 10.2 Å². The molecule has 0 unspecified atom stereocenters. The number of furan rings is 1. The molecule has 0 radical (unpaired) electrons. The molecule has 21 heavy (non-hydrogen) atoms. The summed E-state index contributed by atoms with van der Waals surface area (Å²) in [6, 6.07) is 2.10. The number of hydrogen-bond donors (Lipinski definition) is 1. The van der Waals surface area contributed by atoms with Gasteiger partial charge in [-0.3, -0.25) is 4.90 Å². The molecule has 0 bridgehead atoms. The van der Waals surface area contributed by atoms with Crippen molar-refractivity contribution in [3.8, 4) is 0 Å². The summed E-state index contributed by atoms with van der Waals surface area (Å²) in [4.78, 5) is 2.43. The van der Waals surface area contributed by atoms with Crippen molar-refractivity contribution in [2.24, 2.45) is 5.92 Å². The van der Waals surface area contributed by atoms with Crippen LogP contribution in [0, 0.1) is 5.92 Å². The molecule has 3 heteroatoms. The molecule has 1 fully saturated rings. The predicted octanol–water partition coefficient (Wildman–Crippen LogP) is 4.18. The van der Waals surface area contributed by atoms with Gasteiger partial charge in [-0.05, 0) is 52.6 Å². The third-order valence-electron chi connectivity index (χ3n) is 4.35. The number of rotatable bonds is 6. The molecule has 0 amide bonds. The van der Waals surface area contributed by atoms with E-state index in [1.807, 2.05) is 6.26 Å². The maximum absolute atomic E-state index is 5.71. The van der Waals surface area contributed by atoms with Crippen LogP contribution in [0.25, 0.3) is 0 Å². The van der Waals surface area contributed by atoms with Crippen LogP contribution in [-0.2, 0) is 13.1 Å². The molecule has 120 valence electrons. The van der Waals surface area contributed by atoms with E-state index in [1.165, 1.54) is 44.2 Å². The average molecular weight is 292 g/mol. The third kappa shape index (κ3) is 5.84. The largest absolute Gasteiger partial charge is 0.468 e. The minimum absolute atomic E-state index is 0.141. The van der Waals surface area contributed by atoms with Crippen LogP contribution in [0.2, 0.25) is 0 Å². The first-order chi connectivity index (χ1) is 9.94. The molecule has 2 rings (SSSR count). The topological polar surface area (TPSA) is 28.4 Å². The summed E-state index contributed by atoms with van der Waals surface area (Å²) in [6.45, 7) is 9.59. The van der Waals surface area contributed by atoms with Gasteiger partial charge in [0.1, 0.15) is 5.76 Å². The predicted molar refractivity (Wildman–Crippen MR) is 88.2 cm³/mol. The van der Waals surface area contributed by atoms with Gasteiger partial charge in [0, 0.05) is 24.2 Å². The van der Waals surface area contributed by atoms with Gasteiger partial charge >= 0.3 is 0 Å². The highest BCUT2D eigenvalue weighted by Crippen LogP contribution is 2.25. The second-order valence-electron chi connectivity index (χ2n) is 7.67. The highest BCUT2D eigenvalue weighted by atomic mass is 16.3. The van der Waals surface area contributed by atoms with Crippen LogP contribution in [0.1, 0.15) is 64.2 Å². The molecule has 1 aromatic rings. The molecule has 1 N–H and O–H groups in total. The summed E-state index contributed by atoms with van der Waals surface area (Å²) in [5.41, 5.74) is 1.43. The third-order valence-corrected chi connectivity index (χ3v) is 4.35. The maximum Gasteiger partial charge on any atom is 0.122 e. The lowest BCUT2D eigenvalue weighted by Gasteiger charge is -2.27. The monoisotopic (exact) mass is 292 g/mol. The van der Waals surface area contributed by atoms with E-state index in [0.29, 0.717) is 0 Å². The van der Waals surface area contributed by atoms with Crippen LogP contribution < -0.4 is 5.32 Å². The Morgan fingerprint density at radius 1 is 1.24 bits per heavy atom. The van der Waals surface area contributed by atoms with Crippen molar-refractivity contribution in [1.29, 1.82) is 0 Å². The summed E-state index contributed by atoms with van der Waals surface area (Å²) in [5.74, 6) is 2.00. The zero-order valence-electron chi connectivity index (χ0n) is 14.2. The van der Waals surface area contributed by atoms with E-state index in [2.05, 4.69) is 44.1 Å². The van der Waals surface area contributed by atoms with Crippen molar-refractivity contribution < 1.29 is 4.42 Å². The fourth-order valence-electron chi connectivity index (χ4n) is 3.14. The molecule has 0 aliphatic heterocycles. The lowest BCUT2D eigenvalue weighted by Crippen LogP contribution is -2.35. The molecule has 0 aromatic carbocycles. The summed E-state index contributed by atoms with van der Waals surface area (Å²) >= 11 is 0. The van der Waals surface area contributed by atoms with Crippen molar-refractivity contribution in [2.45, 2.75) is 71.5 Å². The van der Waals surface area contributed by atoms with E-state index >= 15 is 0 Å². The van der Waals surface area contributed by atoms with E-state index in [-0.39, 0.29) is 5.54 Å². The molecule has 1 heterocycles. The maximum atomic E-state index is 5.71. The lowest BCUT2D eigenvalue weighted by molar-refractivity contribution is 0.215. The average Bonchev–Trinajstić information content (AvgIpc) is 2.84. The Morgan fingerprint density at radius 2 is 1.95 bits per heavy atom. The Labute approximate surface area is 130 Å². The number of hydrogen-bond acceptors (Lipinski definition) is 3. The van der Waals surface area contributed by atoms with E-state index in [1.54, 1.807) is 0 Å². The van der Waals surface area contributed by atoms with Crippen molar-refractivity contribution in [2.75, 3.05) is 13.6 Å². The first-order valence-electron chi connectivity index (χ1n) is 8.43. The molecule has 3 nitrogen and oxygen atoms in total. The molecular formula is C18H32N2O. The summed E-state index contributed by atoms with van der Waals surface area (Å²) in [7, 11) is 2.22.